The Hall–Kier alpha value is -0.940. The predicted octanol–water partition coefficient (Wildman–Crippen LogP) is 2.88. The normalized spacial score (nSPS) is 11.5. The van der Waals surface area contributed by atoms with Crippen LogP contribution >= 0.6 is 27.5 Å². The molecule has 2 heterocycles. The summed E-state index contributed by atoms with van der Waals surface area (Å²) >= 11 is 4.90. The standard InChI is InChI=1S/C10H8BrN3S/c11-6-5-9-13-15-10-12-7-3-1-2-4-8(7)14(9)10/h1-4H,5-6H2. The van der Waals surface area contributed by atoms with Crippen LogP contribution in [-0.2, 0) is 6.42 Å². The number of benzene rings is 1. The number of hydrogen-bond acceptors (Lipinski definition) is 3. The third-order valence-corrected chi connectivity index (χ3v) is 3.47. The third kappa shape index (κ3) is 1.38. The van der Waals surface area contributed by atoms with Gasteiger partial charge in [0, 0.05) is 23.3 Å². The van der Waals surface area contributed by atoms with E-state index >= 15 is 0 Å². The molecular weight excluding hydrogens is 274 g/mol. The first-order valence-electron chi connectivity index (χ1n) is 4.68. The van der Waals surface area contributed by atoms with E-state index in [1.807, 2.05) is 18.2 Å². The van der Waals surface area contributed by atoms with Crippen molar-refractivity contribution in [1.82, 2.24) is 13.8 Å². The second kappa shape index (κ2) is 3.57. The van der Waals surface area contributed by atoms with E-state index < -0.39 is 0 Å². The summed E-state index contributed by atoms with van der Waals surface area (Å²) in [6.07, 6.45) is 0.931. The maximum Gasteiger partial charge on any atom is 0.214 e. The van der Waals surface area contributed by atoms with Gasteiger partial charge < -0.3 is 0 Å². The number of para-hydroxylation sites is 2. The van der Waals surface area contributed by atoms with Crippen LogP contribution < -0.4 is 0 Å². The van der Waals surface area contributed by atoms with Gasteiger partial charge in [0.1, 0.15) is 5.82 Å². The third-order valence-electron chi connectivity index (χ3n) is 2.34. The topological polar surface area (TPSA) is 30.2 Å². The molecule has 0 aliphatic heterocycles. The lowest BCUT2D eigenvalue weighted by molar-refractivity contribution is 0.977. The second-order valence-corrected chi connectivity index (χ2v) is 4.78. The molecule has 15 heavy (non-hydrogen) atoms. The molecule has 0 aliphatic carbocycles. The van der Waals surface area contributed by atoms with Crippen LogP contribution in [0.25, 0.3) is 16.0 Å². The first-order chi connectivity index (χ1) is 7.40. The Labute approximate surface area is 99.0 Å². The fraction of sp³-hybridized carbons (Fsp3) is 0.200. The highest BCUT2D eigenvalue weighted by Gasteiger charge is 2.10. The summed E-state index contributed by atoms with van der Waals surface area (Å²) in [5.41, 5.74) is 2.19. The molecular formula is C10H8BrN3S. The molecule has 3 nitrogen and oxygen atoms in total. The van der Waals surface area contributed by atoms with E-state index in [0.717, 1.165) is 33.6 Å². The van der Waals surface area contributed by atoms with Crippen LogP contribution in [0.3, 0.4) is 0 Å². The molecule has 2 aromatic heterocycles. The van der Waals surface area contributed by atoms with Gasteiger partial charge in [0.15, 0.2) is 0 Å². The molecule has 0 radical (unpaired) electrons. The number of hydrogen-bond donors (Lipinski definition) is 0. The van der Waals surface area contributed by atoms with Crippen molar-refractivity contribution < 1.29 is 0 Å². The van der Waals surface area contributed by atoms with Gasteiger partial charge in [0.2, 0.25) is 4.96 Å². The Kier molecular flexibility index (Phi) is 2.21. The zero-order chi connectivity index (χ0) is 10.3. The summed E-state index contributed by atoms with van der Waals surface area (Å²) in [6.45, 7) is 0. The van der Waals surface area contributed by atoms with Crippen LogP contribution in [0.4, 0.5) is 0 Å². The fourth-order valence-corrected chi connectivity index (χ4v) is 2.83. The molecule has 1 aromatic carbocycles. The van der Waals surface area contributed by atoms with E-state index in [1.54, 1.807) is 0 Å². The lowest BCUT2D eigenvalue weighted by Gasteiger charge is -1.94. The molecule has 3 rings (SSSR count). The summed E-state index contributed by atoms with van der Waals surface area (Å²) in [4.78, 5) is 5.50. The van der Waals surface area contributed by atoms with E-state index in [-0.39, 0.29) is 0 Å². The Morgan fingerprint density at radius 2 is 2.20 bits per heavy atom. The molecule has 0 atom stereocenters. The van der Waals surface area contributed by atoms with E-state index in [0.29, 0.717) is 0 Å². The highest BCUT2D eigenvalue weighted by Crippen LogP contribution is 2.21. The van der Waals surface area contributed by atoms with Gasteiger partial charge in [-0.1, -0.05) is 28.1 Å². The SMILES string of the molecule is BrCCc1nsc2nc3ccccc3n12. The van der Waals surface area contributed by atoms with Crippen LogP contribution in [0.1, 0.15) is 5.82 Å². The van der Waals surface area contributed by atoms with Crippen LogP contribution in [0, 0.1) is 0 Å². The van der Waals surface area contributed by atoms with Gasteiger partial charge in [0.05, 0.1) is 11.0 Å². The minimum atomic E-state index is 0.929. The number of halogens is 1. The lowest BCUT2D eigenvalue weighted by atomic mass is 10.3. The maximum atomic E-state index is 4.52. The van der Waals surface area contributed by atoms with Crippen molar-refractivity contribution in [3.8, 4) is 0 Å². The molecule has 0 unspecified atom stereocenters. The fourth-order valence-electron chi connectivity index (χ4n) is 1.69. The molecule has 0 bridgehead atoms. The van der Waals surface area contributed by atoms with Crippen molar-refractivity contribution in [1.29, 1.82) is 0 Å². The zero-order valence-corrected chi connectivity index (χ0v) is 10.3. The number of rotatable bonds is 2. The quantitative estimate of drug-likeness (QED) is 0.676. The smallest absolute Gasteiger partial charge is 0.214 e. The summed E-state index contributed by atoms with van der Waals surface area (Å²) in [6, 6.07) is 8.16. The minimum Gasteiger partial charge on any atom is -0.270 e. The number of alkyl halides is 1. The number of fused-ring (bicyclic) bond motifs is 3. The van der Waals surface area contributed by atoms with Gasteiger partial charge in [-0.3, -0.25) is 4.40 Å². The van der Waals surface area contributed by atoms with Crippen LogP contribution in [0.5, 0.6) is 0 Å². The molecule has 0 saturated carbocycles. The van der Waals surface area contributed by atoms with Gasteiger partial charge >= 0.3 is 0 Å². The van der Waals surface area contributed by atoms with Crippen molar-refractivity contribution in [2.24, 2.45) is 0 Å². The molecule has 0 fully saturated rings. The molecule has 5 heteroatoms. The van der Waals surface area contributed by atoms with Crippen LogP contribution in [0.15, 0.2) is 24.3 Å². The van der Waals surface area contributed by atoms with E-state index in [4.69, 9.17) is 0 Å². The van der Waals surface area contributed by atoms with E-state index in [1.165, 1.54) is 11.5 Å². The highest BCUT2D eigenvalue weighted by molar-refractivity contribution is 9.09. The molecule has 0 saturated heterocycles. The Morgan fingerprint density at radius 3 is 3.07 bits per heavy atom. The Balaban J connectivity index is 2.38. The number of nitrogens with zero attached hydrogens (tertiary/aromatic N) is 3. The van der Waals surface area contributed by atoms with Gasteiger partial charge in [-0.25, -0.2) is 4.98 Å². The van der Waals surface area contributed by atoms with Crippen molar-refractivity contribution in [2.75, 3.05) is 5.33 Å². The average Bonchev–Trinajstić information content (AvgIpc) is 2.78. The summed E-state index contributed by atoms with van der Waals surface area (Å²) in [5, 5.41) is 0.929. The molecule has 0 N–H and O–H groups in total. The Morgan fingerprint density at radius 1 is 1.33 bits per heavy atom. The molecule has 3 aromatic rings. The van der Waals surface area contributed by atoms with Crippen molar-refractivity contribution >= 4 is 43.5 Å². The zero-order valence-electron chi connectivity index (χ0n) is 7.85. The Bertz CT molecular complexity index is 613. The second-order valence-electron chi connectivity index (χ2n) is 3.26. The van der Waals surface area contributed by atoms with E-state index in [9.17, 15) is 0 Å². The molecule has 0 spiro atoms. The van der Waals surface area contributed by atoms with Gasteiger partial charge in [-0.15, -0.1) is 0 Å². The van der Waals surface area contributed by atoms with Gasteiger partial charge in [-0.05, 0) is 12.1 Å². The van der Waals surface area contributed by atoms with Crippen molar-refractivity contribution in [2.45, 2.75) is 6.42 Å². The monoisotopic (exact) mass is 281 g/mol. The largest absolute Gasteiger partial charge is 0.270 e. The lowest BCUT2D eigenvalue weighted by Crippen LogP contribution is -1.94. The summed E-state index contributed by atoms with van der Waals surface area (Å²) in [5.74, 6) is 1.08. The minimum absolute atomic E-state index is 0.929. The van der Waals surface area contributed by atoms with Gasteiger partial charge in [0.25, 0.3) is 0 Å². The molecule has 0 amide bonds. The summed E-state index contributed by atoms with van der Waals surface area (Å²) < 4.78 is 6.55. The first kappa shape index (κ1) is 9.30. The predicted molar refractivity (Wildman–Crippen MR) is 65.9 cm³/mol. The first-order valence-corrected chi connectivity index (χ1v) is 6.57. The number of imidazole rings is 1. The maximum absolute atomic E-state index is 4.52. The van der Waals surface area contributed by atoms with Crippen LogP contribution in [-0.4, -0.2) is 19.1 Å². The number of aromatic nitrogens is 3. The average molecular weight is 282 g/mol. The summed E-state index contributed by atoms with van der Waals surface area (Å²) in [7, 11) is 0. The highest BCUT2D eigenvalue weighted by atomic mass is 79.9. The van der Waals surface area contributed by atoms with Crippen molar-refractivity contribution in [3.05, 3.63) is 30.1 Å². The number of aryl methyl sites for hydroxylation is 1. The molecule has 76 valence electrons. The van der Waals surface area contributed by atoms with E-state index in [2.05, 4.69) is 35.8 Å². The molecule has 0 aliphatic rings. The van der Waals surface area contributed by atoms with Crippen molar-refractivity contribution in [3.63, 3.8) is 0 Å². The van der Waals surface area contributed by atoms with Gasteiger partial charge in [-0.2, -0.15) is 4.37 Å². The van der Waals surface area contributed by atoms with Crippen LogP contribution in [0.2, 0.25) is 0 Å².